The molecule has 0 bridgehead atoms. The normalized spacial score (nSPS) is 16.3. The van der Waals surface area contributed by atoms with Gasteiger partial charge >= 0.3 is 0 Å². The third-order valence-corrected chi connectivity index (χ3v) is 5.79. The fraction of sp³-hybridized carbons (Fsp3) is 0.375. The molecule has 1 amide bonds. The minimum Gasteiger partial charge on any atom is -0.382 e. The topological polar surface area (TPSA) is 101 Å². The van der Waals surface area contributed by atoms with Crippen molar-refractivity contribution in [2.45, 2.75) is 45.1 Å². The summed E-state index contributed by atoms with van der Waals surface area (Å²) >= 11 is 0. The fourth-order valence-corrected chi connectivity index (χ4v) is 3.88. The van der Waals surface area contributed by atoms with Crippen molar-refractivity contribution in [3.63, 3.8) is 0 Å². The molecule has 1 atom stereocenters. The van der Waals surface area contributed by atoms with E-state index in [4.69, 9.17) is 10.7 Å². The molecule has 0 radical (unpaired) electrons. The van der Waals surface area contributed by atoms with E-state index in [1.807, 2.05) is 24.3 Å². The quantitative estimate of drug-likeness (QED) is 0.491. The van der Waals surface area contributed by atoms with Crippen LogP contribution >= 0.6 is 0 Å². The van der Waals surface area contributed by atoms with Gasteiger partial charge in [-0.25, -0.2) is 0 Å². The molecule has 2 aromatic carbocycles. The fourth-order valence-electron chi connectivity index (χ4n) is 3.88. The molecule has 0 aromatic heterocycles. The summed E-state index contributed by atoms with van der Waals surface area (Å²) in [6, 6.07) is 14.4. The highest BCUT2D eigenvalue weighted by molar-refractivity contribution is 6.07. The second-order valence-corrected chi connectivity index (χ2v) is 8.01. The van der Waals surface area contributed by atoms with E-state index >= 15 is 0 Å². The van der Waals surface area contributed by atoms with Gasteiger partial charge < -0.3 is 21.4 Å². The Morgan fingerprint density at radius 1 is 1.33 bits per heavy atom. The molecule has 6 nitrogen and oxygen atoms in total. The number of amides is 1. The number of anilines is 3. The number of carbonyl (C=O) groups excluding carboxylic acids is 1. The first-order chi connectivity index (χ1) is 14.6. The van der Waals surface area contributed by atoms with Crippen LogP contribution in [0, 0.1) is 22.7 Å². The van der Waals surface area contributed by atoms with Crippen molar-refractivity contribution >= 4 is 28.7 Å². The van der Waals surface area contributed by atoms with Crippen LogP contribution in [0.4, 0.5) is 17.1 Å². The molecular weight excluding hydrogens is 374 g/mol. The van der Waals surface area contributed by atoms with Gasteiger partial charge in [0.25, 0.3) is 0 Å². The van der Waals surface area contributed by atoms with Gasteiger partial charge in [-0.2, -0.15) is 5.26 Å². The molecule has 0 unspecified atom stereocenters. The Morgan fingerprint density at radius 3 is 2.90 bits per heavy atom. The van der Waals surface area contributed by atoms with Crippen molar-refractivity contribution in [1.29, 1.82) is 10.7 Å². The van der Waals surface area contributed by atoms with Gasteiger partial charge in [-0.1, -0.05) is 25.1 Å². The van der Waals surface area contributed by atoms with E-state index in [-0.39, 0.29) is 11.9 Å². The molecule has 1 saturated carbocycles. The molecule has 30 heavy (non-hydrogen) atoms. The van der Waals surface area contributed by atoms with Crippen LogP contribution in [0.5, 0.6) is 0 Å². The van der Waals surface area contributed by atoms with Crippen molar-refractivity contribution in [1.82, 2.24) is 0 Å². The van der Waals surface area contributed by atoms with Crippen molar-refractivity contribution in [3.05, 3.63) is 42.0 Å². The van der Waals surface area contributed by atoms with E-state index < -0.39 is 0 Å². The van der Waals surface area contributed by atoms with Gasteiger partial charge in [0.15, 0.2) is 0 Å². The SMILES string of the molecule is CC[C@@H](CC#N)Nc1ccc(-c2cccc3c2NCCC(=O)N3)cc1C(=N)C1CC1. The van der Waals surface area contributed by atoms with E-state index in [0.717, 1.165) is 53.0 Å². The average molecular weight is 402 g/mol. The number of hydrogen-bond acceptors (Lipinski definition) is 5. The molecule has 1 fully saturated rings. The summed E-state index contributed by atoms with van der Waals surface area (Å²) < 4.78 is 0. The van der Waals surface area contributed by atoms with Gasteiger partial charge in [-0.3, -0.25) is 4.79 Å². The second-order valence-electron chi connectivity index (χ2n) is 8.01. The maximum atomic E-state index is 11.9. The predicted molar refractivity (Wildman–Crippen MR) is 121 cm³/mol. The number of benzene rings is 2. The summed E-state index contributed by atoms with van der Waals surface area (Å²) in [7, 11) is 0. The minimum absolute atomic E-state index is 0.0113. The number of nitrogens with one attached hydrogen (secondary N) is 4. The van der Waals surface area contributed by atoms with Crippen LogP contribution in [0.25, 0.3) is 11.1 Å². The Balaban J connectivity index is 1.74. The van der Waals surface area contributed by atoms with Crippen LogP contribution in [0.15, 0.2) is 36.4 Å². The Kier molecular flexibility index (Phi) is 5.71. The van der Waals surface area contributed by atoms with E-state index in [1.54, 1.807) is 0 Å². The summed E-state index contributed by atoms with van der Waals surface area (Å²) in [5.41, 5.74) is 6.21. The molecule has 154 valence electrons. The number of rotatable bonds is 7. The van der Waals surface area contributed by atoms with Crippen molar-refractivity contribution in [2.75, 3.05) is 22.5 Å². The van der Waals surface area contributed by atoms with Crippen LogP contribution < -0.4 is 16.0 Å². The summed E-state index contributed by atoms with van der Waals surface area (Å²) in [4.78, 5) is 11.9. The molecule has 1 aliphatic carbocycles. The summed E-state index contributed by atoms with van der Waals surface area (Å²) in [6.45, 7) is 2.65. The molecule has 1 heterocycles. The highest BCUT2D eigenvalue weighted by Gasteiger charge is 2.29. The first-order valence-corrected chi connectivity index (χ1v) is 10.6. The third kappa shape index (κ3) is 4.16. The number of para-hydroxylation sites is 1. The molecule has 4 N–H and O–H groups in total. The lowest BCUT2D eigenvalue weighted by molar-refractivity contribution is -0.115. The highest BCUT2D eigenvalue weighted by atomic mass is 16.1. The molecule has 2 aliphatic rings. The lowest BCUT2D eigenvalue weighted by atomic mass is 9.95. The second kappa shape index (κ2) is 8.58. The van der Waals surface area contributed by atoms with E-state index in [9.17, 15) is 4.79 Å². The maximum Gasteiger partial charge on any atom is 0.226 e. The maximum absolute atomic E-state index is 11.9. The van der Waals surface area contributed by atoms with Gasteiger partial charge in [-0.05, 0) is 43.0 Å². The lowest BCUT2D eigenvalue weighted by Crippen LogP contribution is -2.20. The van der Waals surface area contributed by atoms with Gasteiger partial charge in [0.2, 0.25) is 5.91 Å². The van der Waals surface area contributed by atoms with Gasteiger partial charge in [0.05, 0.1) is 23.9 Å². The average Bonchev–Trinajstić information content (AvgIpc) is 3.60. The monoisotopic (exact) mass is 401 g/mol. The van der Waals surface area contributed by atoms with Gasteiger partial charge in [-0.15, -0.1) is 0 Å². The number of nitrogens with zero attached hydrogens (tertiary/aromatic N) is 1. The van der Waals surface area contributed by atoms with Crippen molar-refractivity contribution < 1.29 is 4.79 Å². The Bertz CT molecular complexity index is 1020. The number of nitriles is 1. The molecule has 4 rings (SSSR count). The smallest absolute Gasteiger partial charge is 0.226 e. The number of fused-ring (bicyclic) bond motifs is 1. The predicted octanol–water partition coefficient (Wildman–Crippen LogP) is 4.99. The largest absolute Gasteiger partial charge is 0.382 e. The van der Waals surface area contributed by atoms with Crippen LogP contribution in [0.1, 0.15) is 44.6 Å². The van der Waals surface area contributed by atoms with E-state index in [1.165, 1.54) is 0 Å². The first kappa shape index (κ1) is 20.0. The molecule has 6 heteroatoms. The molecular formula is C24H27N5O. The van der Waals surface area contributed by atoms with Gasteiger partial charge in [0, 0.05) is 47.5 Å². The third-order valence-electron chi connectivity index (χ3n) is 5.79. The lowest BCUT2D eigenvalue weighted by Gasteiger charge is -2.21. The summed E-state index contributed by atoms with van der Waals surface area (Å²) in [6.07, 6.45) is 3.84. The molecule has 1 aliphatic heterocycles. The van der Waals surface area contributed by atoms with E-state index in [2.05, 4.69) is 41.1 Å². The van der Waals surface area contributed by atoms with E-state index in [0.29, 0.717) is 31.0 Å². The molecule has 0 saturated heterocycles. The van der Waals surface area contributed by atoms with Crippen LogP contribution in [-0.2, 0) is 4.79 Å². The Hall–Kier alpha value is -3.33. The van der Waals surface area contributed by atoms with Crippen LogP contribution in [-0.4, -0.2) is 24.2 Å². The Labute approximate surface area is 177 Å². The standard InChI is InChI=1S/C24H27N5O/c1-2-17(10-12-25)28-20-9-8-16(14-19(20)23(26)15-6-7-15)18-4-3-5-21-24(18)27-13-11-22(30)29-21/h3-5,8-9,14-15,17,26-28H,2,6-7,10-11,13H2,1H3,(H,29,30)/t17-/m0/s1. The highest BCUT2D eigenvalue weighted by Crippen LogP contribution is 2.39. The van der Waals surface area contributed by atoms with Crippen LogP contribution in [0.2, 0.25) is 0 Å². The number of carbonyl (C=O) groups is 1. The zero-order valence-electron chi connectivity index (χ0n) is 17.2. The van der Waals surface area contributed by atoms with Crippen molar-refractivity contribution in [2.24, 2.45) is 5.92 Å². The Morgan fingerprint density at radius 2 is 2.17 bits per heavy atom. The van der Waals surface area contributed by atoms with Crippen molar-refractivity contribution in [3.8, 4) is 17.2 Å². The zero-order valence-corrected chi connectivity index (χ0v) is 17.2. The minimum atomic E-state index is 0.0113. The molecule has 2 aromatic rings. The van der Waals surface area contributed by atoms with Crippen LogP contribution in [0.3, 0.4) is 0 Å². The first-order valence-electron chi connectivity index (χ1n) is 10.6. The molecule has 0 spiro atoms. The summed E-state index contributed by atoms with van der Waals surface area (Å²) in [5.74, 6) is 0.333. The number of hydrogen-bond donors (Lipinski definition) is 4. The zero-order chi connectivity index (χ0) is 21.1. The van der Waals surface area contributed by atoms with Gasteiger partial charge in [0.1, 0.15) is 0 Å². The summed E-state index contributed by atoms with van der Waals surface area (Å²) in [5, 5.41) is 27.7.